The fraction of sp³-hybridized carbons (Fsp3) is 0.667. The van der Waals surface area contributed by atoms with Crippen molar-refractivity contribution in [1.29, 1.82) is 0 Å². The van der Waals surface area contributed by atoms with E-state index in [-0.39, 0.29) is 17.9 Å². The van der Waals surface area contributed by atoms with Crippen LogP contribution in [0.5, 0.6) is 0 Å². The van der Waals surface area contributed by atoms with Gasteiger partial charge in [-0.1, -0.05) is 6.42 Å². The van der Waals surface area contributed by atoms with Gasteiger partial charge in [0.05, 0.1) is 11.9 Å². The van der Waals surface area contributed by atoms with E-state index in [4.69, 9.17) is 5.73 Å². The van der Waals surface area contributed by atoms with Crippen molar-refractivity contribution in [2.24, 2.45) is 11.7 Å². The van der Waals surface area contributed by atoms with Gasteiger partial charge in [0.1, 0.15) is 6.54 Å². The van der Waals surface area contributed by atoms with Crippen molar-refractivity contribution in [3.8, 4) is 0 Å². The molecule has 5 nitrogen and oxygen atoms in total. The highest BCUT2D eigenvalue weighted by Gasteiger charge is 2.26. The Balaban J connectivity index is 1.83. The Labute approximate surface area is 110 Å². The van der Waals surface area contributed by atoms with Gasteiger partial charge in [-0.25, -0.2) is 8.78 Å². The monoisotopic (exact) mass is 272 g/mol. The van der Waals surface area contributed by atoms with Crippen LogP contribution in [0, 0.1) is 5.92 Å². The zero-order valence-corrected chi connectivity index (χ0v) is 10.6. The Bertz CT molecular complexity index is 435. The number of aromatic nitrogens is 2. The summed E-state index contributed by atoms with van der Waals surface area (Å²) in [6.45, 7) is -0.469. The average Bonchev–Trinajstić information content (AvgIpc) is 2.89. The van der Waals surface area contributed by atoms with Crippen molar-refractivity contribution < 1.29 is 13.6 Å². The number of hydrogen-bond donors (Lipinski definition) is 2. The molecule has 1 aromatic heterocycles. The molecule has 2 atom stereocenters. The second-order valence-electron chi connectivity index (χ2n) is 4.95. The van der Waals surface area contributed by atoms with Crippen LogP contribution in [0.1, 0.15) is 25.7 Å². The quantitative estimate of drug-likeness (QED) is 0.855. The van der Waals surface area contributed by atoms with Crippen LogP contribution in [0.15, 0.2) is 12.4 Å². The van der Waals surface area contributed by atoms with Crippen molar-refractivity contribution >= 4 is 11.6 Å². The second kappa shape index (κ2) is 6.10. The summed E-state index contributed by atoms with van der Waals surface area (Å²) in [5.74, 6) is 0.0788. The van der Waals surface area contributed by atoms with Crippen LogP contribution in [0.4, 0.5) is 14.5 Å². The zero-order chi connectivity index (χ0) is 13.8. The molecule has 106 valence electrons. The largest absolute Gasteiger partial charge is 0.327 e. The Morgan fingerprint density at radius 2 is 2.37 bits per heavy atom. The first kappa shape index (κ1) is 13.9. The molecule has 0 unspecified atom stereocenters. The summed E-state index contributed by atoms with van der Waals surface area (Å²) in [5, 5.41) is 6.41. The van der Waals surface area contributed by atoms with Gasteiger partial charge in [-0.05, 0) is 18.8 Å². The molecule has 0 bridgehead atoms. The predicted molar refractivity (Wildman–Crippen MR) is 66.8 cm³/mol. The summed E-state index contributed by atoms with van der Waals surface area (Å²) >= 11 is 0. The number of halogens is 2. The molecule has 1 saturated carbocycles. The maximum atomic E-state index is 12.1. The summed E-state index contributed by atoms with van der Waals surface area (Å²) in [6, 6.07) is 0.0901. The smallest absolute Gasteiger partial charge is 0.257 e. The number of nitrogens with zero attached hydrogens (tertiary/aromatic N) is 2. The lowest BCUT2D eigenvalue weighted by Crippen LogP contribution is -2.28. The van der Waals surface area contributed by atoms with Gasteiger partial charge in [0, 0.05) is 18.7 Å². The van der Waals surface area contributed by atoms with Gasteiger partial charge in [-0.2, -0.15) is 5.10 Å². The van der Waals surface area contributed by atoms with Gasteiger partial charge in [0.25, 0.3) is 6.43 Å². The van der Waals surface area contributed by atoms with Gasteiger partial charge in [-0.3, -0.25) is 9.48 Å². The standard InChI is InChI=1S/C12H18F2N4O/c13-11(14)7-18-6-9(5-16-18)17-12(19)4-8-2-1-3-10(8)15/h5-6,8,10-11H,1-4,7,15H2,(H,17,19)/t8-,10+/m0/s1. The number of nitrogens with one attached hydrogen (secondary N) is 1. The number of alkyl halides is 2. The second-order valence-corrected chi connectivity index (χ2v) is 4.95. The molecule has 7 heteroatoms. The molecule has 1 heterocycles. The van der Waals surface area contributed by atoms with Crippen molar-refractivity contribution in [3.05, 3.63) is 12.4 Å². The van der Waals surface area contributed by atoms with Crippen LogP contribution in [-0.2, 0) is 11.3 Å². The van der Waals surface area contributed by atoms with Crippen molar-refractivity contribution in [2.45, 2.75) is 44.7 Å². The molecular weight excluding hydrogens is 254 g/mol. The normalized spacial score (nSPS) is 22.9. The molecule has 1 aliphatic carbocycles. The first-order chi connectivity index (χ1) is 9.04. The molecule has 1 fully saturated rings. The predicted octanol–water partition coefficient (Wildman–Crippen LogP) is 1.60. The molecule has 3 N–H and O–H groups in total. The van der Waals surface area contributed by atoms with E-state index in [1.807, 2.05) is 0 Å². The summed E-state index contributed by atoms with van der Waals surface area (Å²) in [6.07, 6.45) is 3.68. The van der Waals surface area contributed by atoms with E-state index in [2.05, 4.69) is 10.4 Å². The Morgan fingerprint density at radius 1 is 1.58 bits per heavy atom. The molecule has 1 aromatic rings. The van der Waals surface area contributed by atoms with E-state index < -0.39 is 13.0 Å². The lowest BCUT2D eigenvalue weighted by Gasteiger charge is -2.14. The third-order valence-electron chi connectivity index (χ3n) is 3.41. The van der Waals surface area contributed by atoms with Crippen LogP contribution in [-0.4, -0.2) is 28.2 Å². The van der Waals surface area contributed by atoms with Crippen LogP contribution in [0.3, 0.4) is 0 Å². The maximum Gasteiger partial charge on any atom is 0.257 e. The van der Waals surface area contributed by atoms with Crippen LogP contribution in [0.25, 0.3) is 0 Å². The third-order valence-corrected chi connectivity index (χ3v) is 3.41. The Hall–Kier alpha value is -1.50. The molecule has 0 radical (unpaired) electrons. The Kier molecular flexibility index (Phi) is 4.47. The fourth-order valence-corrected chi connectivity index (χ4v) is 2.44. The number of carbonyl (C=O) groups excluding carboxylic acids is 1. The van der Waals surface area contributed by atoms with Crippen molar-refractivity contribution in [2.75, 3.05) is 5.32 Å². The van der Waals surface area contributed by atoms with Crippen molar-refractivity contribution in [3.63, 3.8) is 0 Å². The SMILES string of the molecule is N[C@@H]1CCC[C@H]1CC(=O)Nc1cnn(CC(F)F)c1. The number of rotatable bonds is 5. The van der Waals surface area contributed by atoms with E-state index in [0.29, 0.717) is 12.1 Å². The summed E-state index contributed by atoms with van der Waals surface area (Å²) in [5.41, 5.74) is 6.34. The number of hydrogen-bond acceptors (Lipinski definition) is 3. The van der Waals surface area contributed by atoms with Gasteiger partial charge in [-0.15, -0.1) is 0 Å². The van der Waals surface area contributed by atoms with E-state index in [1.54, 1.807) is 0 Å². The summed E-state index contributed by atoms with van der Waals surface area (Å²) in [4.78, 5) is 11.8. The molecule has 1 aliphatic rings. The average molecular weight is 272 g/mol. The first-order valence-electron chi connectivity index (χ1n) is 6.40. The number of anilines is 1. The van der Waals surface area contributed by atoms with Gasteiger partial charge in [0.2, 0.25) is 5.91 Å². The minimum atomic E-state index is -2.46. The minimum absolute atomic E-state index is 0.0901. The van der Waals surface area contributed by atoms with Gasteiger partial charge in [0.15, 0.2) is 0 Å². The summed E-state index contributed by atoms with van der Waals surface area (Å²) in [7, 11) is 0. The van der Waals surface area contributed by atoms with Crippen LogP contribution in [0.2, 0.25) is 0 Å². The van der Waals surface area contributed by atoms with E-state index in [9.17, 15) is 13.6 Å². The maximum absolute atomic E-state index is 12.1. The number of carbonyl (C=O) groups is 1. The highest BCUT2D eigenvalue weighted by Crippen LogP contribution is 2.27. The number of amides is 1. The van der Waals surface area contributed by atoms with Crippen molar-refractivity contribution in [1.82, 2.24) is 9.78 Å². The Morgan fingerprint density at radius 3 is 3.00 bits per heavy atom. The summed E-state index contributed by atoms with van der Waals surface area (Å²) < 4.78 is 25.4. The highest BCUT2D eigenvalue weighted by atomic mass is 19.3. The molecule has 0 aromatic carbocycles. The molecule has 1 amide bonds. The lowest BCUT2D eigenvalue weighted by atomic mass is 10.00. The first-order valence-corrected chi connectivity index (χ1v) is 6.40. The molecule has 0 saturated heterocycles. The molecule has 19 heavy (non-hydrogen) atoms. The number of nitrogens with two attached hydrogens (primary N) is 1. The van der Waals surface area contributed by atoms with Gasteiger partial charge < -0.3 is 11.1 Å². The lowest BCUT2D eigenvalue weighted by molar-refractivity contribution is -0.117. The van der Waals surface area contributed by atoms with Gasteiger partial charge >= 0.3 is 0 Å². The topological polar surface area (TPSA) is 72.9 Å². The molecular formula is C12H18F2N4O. The molecule has 2 rings (SSSR count). The van der Waals surface area contributed by atoms with E-state index >= 15 is 0 Å². The molecule has 0 aliphatic heterocycles. The third kappa shape index (κ3) is 3.99. The van der Waals surface area contributed by atoms with Crippen LogP contribution >= 0.6 is 0 Å². The van der Waals surface area contributed by atoms with E-state index in [1.165, 1.54) is 12.4 Å². The van der Waals surface area contributed by atoms with E-state index in [0.717, 1.165) is 23.9 Å². The van der Waals surface area contributed by atoms with Crippen LogP contribution < -0.4 is 11.1 Å². The molecule has 0 spiro atoms. The fourth-order valence-electron chi connectivity index (χ4n) is 2.44. The minimum Gasteiger partial charge on any atom is -0.327 e. The zero-order valence-electron chi connectivity index (χ0n) is 10.6. The highest BCUT2D eigenvalue weighted by molar-refractivity contribution is 5.90.